The van der Waals surface area contributed by atoms with Gasteiger partial charge in [0.2, 0.25) is 0 Å². The van der Waals surface area contributed by atoms with Gasteiger partial charge in [-0.2, -0.15) is 0 Å². The predicted molar refractivity (Wildman–Crippen MR) is 106 cm³/mol. The first-order chi connectivity index (χ1) is 12.6. The zero-order valence-corrected chi connectivity index (χ0v) is 15.9. The Morgan fingerprint density at radius 1 is 1.08 bits per heavy atom. The molecule has 0 aromatic heterocycles. The highest BCUT2D eigenvalue weighted by Gasteiger charge is 2.39. The van der Waals surface area contributed by atoms with Crippen molar-refractivity contribution >= 4 is 46.0 Å². The highest BCUT2D eigenvalue weighted by atomic mass is 32.2. The third-order valence-electron chi connectivity index (χ3n) is 4.15. The van der Waals surface area contributed by atoms with Gasteiger partial charge in [0.25, 0.3) is 5.91 Å². The molecule has 0 radical (unpaired) electrons. The van der Waals surface area contributed by atoms with Crippen LogP contribution >= 0.6 is 23.5 Å². The van der Waals surface area contributed by atoms with Gasteiger partial charge in [-0.05, 0) is 43.0 Å². The van der Waals surface area contributed by atoms with E-state index in [0.717, 1.165) is 15.6 Å². The molecule has 0 aliphatic carbocycles. The predicted octanol–water partition coefficient (Wildman–Crippen LogP) is 4.82. The number of carbonyl (C=O) groups excluding carboxylic acids is 1. The Balaban J connectivity index is 1.75. The molecule has 0 N–H and O–H groups in total. The summed E-state index contributed by atoms with van der Waals surface area (Å²) in [4.78, 5) is 22.4. The standard InChI is InChI=1S/C19H16FN3OS2/c1-3-23-17(24)16(26-19(23)21-12-8-5-4-6-9-12)18-22(2)15-13(20)10-7-11-14(15)25-18/h4-11H,3H2,1-2H3/b18-16+,21-19?. The Labute approximate surface area is 159 Å². The first kappa shape index (κ1) is 17.2. The number of rotatable bonds is 2. The zero-order valence-electron chi connectivity index (χ0n) is 14.3. The van der Waals surface area contributed by atoms with Crippen LogP contribution in [-0.2, 0) is 4.79 Å². The molecule has 0 bridgehead atoms. The molecule has 0 atom stereocenters. The van der Waals surface area contributed by atoms with Crippen LogP contribution in [0, 0.1) is 5.82 Å². The number of anilines is 1. The minimum Gasteiger partial charge on any atom is -0.335 e. The molecule has 2 aromatic rings. The molecule has 132 valence electrons. The number of carbonyl (C=O) groups is 1. The van der Waals surface area contributed by atoms with Gasteiger partial charge in [0, 0.05) is 18.5 Å². The number of thioether (sulfide) groups is 2. The normalized spacial score (nSPS) is 21.0. The summed E-state index contributed by atoms with van der Waals surface area (Å²) in [7, 11) is 1.79. The number of aliphatic imine (C=N–C) groups is 1. The molecule has 2 aliphatic rings. The summed E-state index contributed by atoms with van der Waals surface area (Å²) < 4.78 is 14.2. The maximum absolute atomic E-state index is 14.2. The summed E-state index contributed by atoms with van der Waals surface area (Å²) >= 11 is 2.77. The van der Waals surface area contributed by atoms with Crippen molar-refractivity contribution in [3.8, 4) is 0 Å². The van der Waals surface area contributed by atoms with Crippen molar-refractivity contribution in [1.82, 2.24) is 4.90 Å². The molecular formula is C19H16FN3OS2. The average molecular weight is 385 g/mol. The SMILES string of the molecule is CCN1C(=O)/C(=C2\Sc3cccc(F)c3N2C)SC1=Nc1ccccc1. The topological polar surface area (TPSA) is 35.9 Å². The molecule has 1 amide bonds. The van der Waals surface area contributed by atoms with E-state index in [1.807, 2.05) is 43.3 Å². The fourth-order valence-corrected chi connectivity index (χ4v) is 5.31. The van der Waals surface area contributed by atoms with E-state index in [1.54, 1.807) is 22.9 Å². The van der Waals surface area contributed by atoms with Crippen molar-refractivity contribution < 1.29 is 9.18 Å². The number of hydrogen-bond acceptors (Lipinski definition) is 5. The third-order valence-corrected chi connectivity index (χ3v) is 6.57. The molecule has 0 spiro atoms. The number of hydrogen-bond donors (Lipinski definition) is 0. The van der Waals surface area contributed by atoms with Crippen LogP contribution in [0.3, 0.4) is 0 Å². The molecule has 2 aromatic carbocycles. The lowest BCUT2D eigenvalue weighted by atomic mass is 10.3. The number of para-hydroxylation sites is 2. The number of likely N-dealkylation sites (N-methyl/N-ethyl adjacent to an activating group) is 1. The van der Waals surface area contributed by atoms with Crippen molar-refractivity contribution in [3.05, 3.63) is 64.3 Å². The largest absolute Gasteiger partial charge is 0.335 e. The van der Waals surface area contributed by atoms with E-state index >= 15 is 0 Å². The quantitative estimate of drug-likeness (QED) is 0.695. The van der Waals surface area contributed by atoms with Crippen LogP contribution in [0.5, 0.6) is 0 Å². The molecule has 26 heavy (non-hydrogen) atoms. The molecule has 1 fully saturated rings. The second-order valence-corrected chi connectivity index (χ2v) is 7.77. The third kappa shape index (κ3) is 2.81. The molecule has 4 nitrogen and oxygen atoms in total. The Morgan fingerprint density at radius 2 is 1.85 bits per heavy atom. The van der Waals surface area contributed by atoms with Gasteiger partial charge < -0.3 is 4.90 Å². The Bertz CT molecular complexity index is 943. The first-order valence-electron chi connectivity index (χ1n) is 8.18. The molecule has 7 heteroatoms. The van der Waals surface area contributed by atoms with E-state index in [-0.39, 0.29) is 11.7 Å². The van der Waals surface area contributed by atoms with Gasteiger partial charge >= 0.3 is 0 Å². The fourth-order valence-electron chi connectivity index (χ4n) is 2.89. The van der Waals surface area contributed by atoms with Crippen molar-refractivity contribution in [2.75, 3.05) is 18.5 Å². The highest BCUT2D eigenvalue weighted by Crippen LogP contribution is 2.50. The summed E-state index contributed by atoms with van der Waals surface area (Å²) in [6.45, 7) is 2.45. The van der Waals surface area contributed by atoms with Crippen molar-refractivity contribution in [1.29, 1.82) is 0 Å². The van der Waals surface area contributed by atoms with Gasteiger partial charge in [-0.1, -0.05) is 36.0 Å². The molecule has 2 heterocycles. The summed E-state index contributed by atoms with van der Waals surface area (Å²) in [5.41, 5.74) is 1.32. The second-order valence-electron chi connectivity index (χ2n) is 5.76. The number of amidine groups is 1. The van der Waals surface area contributed by atoms with Gasteiger partial charge in [-0.15, -0.1) is 0 Å². The lowest BCUT2D eigenvalue weighted by molar-refractivity contribution is -0.122. The average Bonchev–Trinajstić information content (AvgIpc) is 3.13. The van der Waals surface area contributed by atoms with Crippen molar-refractivity contribution in [2.24, 2.45) is 4.99 Å². The molecular weight excluding hydrogens is 369 g/mol. The Hall–Kier alpha value is -2.25. The van der Waals surface area contributed by atoms with Crippen LogP contribution in [0.15, 0.2) is 68.4 Å². The number of fused-ring (bicyclic) bond motifs is 1. The zero-order chi connectivity index (χ0) is 18.3. The minimum atomic E-state index is -0.283. The maximum atomic E-state index is 14.2. The monoisotopic (exact) mass is 385 g/mol. The van der Waals surface area contributed by atoms with Crippen LogP contribution < -0.4 is 4.90 Å². The summed E-state index contributed by atoms with van der Waals surface area (Å²) in [5, 5.41) is 1.40. The molecule has 1 saturated heterocycles. The van der Waals surface area contributed by atoms with Gasteiger partial charge in [0.05, 0.1) is 16.4 Å². The van der Waals surface area contributed by atoms with Crippen molar-refractivity contribution in [2.45, 2.75) is 11.8 Å². The first-order valence-corrected chi connectivity index (χ1v) is 9.81. The molecule has 4 rings (SSSR count). The van der Waals surface area contributed by atoms with E-state index in [2.05, 4.69) is 4.99 Å². The van der Waals surface area contributed by atoms with Crippen LogP contribution in [0.25, 0.3) is 0 Å². The molecule has 0 saturated carbocycles. The van der Waals surface area contributed by atoms with Crippen LogP contribution in [0.2, 0.25) is 0 Å². The van der Waals surface area contributed by atoms with Crippen LogP contribution in [-0.4, -0.2) is 29.6 Å². The smallest absolute Gasteiger partial charge is 0.269 e. The van der Waals surface area contributed by atoms with Crippen LogP contribution in [0.4, 0.5) is 15.8 Å². The fraction of sp³-hybridized carbons (Fsp3) is 0.158. The maximum Gasteiger partial charge on any atom is 0.269 e. The molecule has 0 unspecified atom stereocenters. The minimum absolute atomic E-state index is 0.0882. The lowest BCUT2D eigenvalue weighted by Gasteiger charge is -2.15. The number of halogens is 1. The van der Waals surface area contributed by atoms with Gasteiger partial charge in [-0.3, -0.25) is 9.69 Å². The van der Waals surface area contributed by atoms with Crippen LogP contribution in [0.1, 0.15) is 6.92 Å². The summed E-state index contributed by atoms with van der Waals surface area (Å²) in [5.74, 6) is -0.371. The number of amides is 1. The second kappa shape index (κ2) is 6.81. The lowest BCUT2D eigenvalue weighted by Crippen LogP contribution is -2.29. The van der Waals surface area contributed by atoms with Gasteiger partial charge in [0.15, 0.2) is 5.17 Å². The van der Waals surface area contributed by atoms with Gasteiger partial charge in [0.1, 0.15) is 10.7 Å². The number of nitrogens with zero attached hydrogens (tertiary/aromatic N) is 3. The van der Waals surface area contributed by atoms with E-state index in [4.69, 9.17) is 0 Å². The Kier molecular flexibility index (Phi) is 4.50. The van der Waals surface area contributed by atoms with E-state index in [0.29, 0.717) is 22.3 Å². The van der Waals surface area contributed by atoms with Gasteiger partial charge in [-0.25, -0.2) is 9.38 Å². The summed E-state index contributed by atoms with van der Waals surface area (Å²) in [6, 6.07) is 14.6. The van der Waals surface area contributed by atoms with E-state index < -0.39 is 0 Å². The summed E-state index contributed by atoms with van der Waals surface area (Å²) in [6.07, 6.45) is 0. The Morgan fingerprint density at radius 3 is 2.54 bits per heavy atom. The highest BCUT2D eigenvalue weighted by molar-refractivity contribution is 8.19. The van der Waals surface area contributed by atoms with Crippen molar-refractivity contribution in [3.63, 3.8) is 0 Å². The molecule has 2 aliphatic heterocycles. The van der Waals surface area contributed by atoms with E-state index in [9.17, 15) is 9.18 Å². The number of benzene rings is 2. The van der Waals surface area contributed by atoms with E-state index in [1.165, 1.54) is 29.6 Å².